The summed E-state index contributed by atoms with van der Waals surface area (Å²) in [7, 11) is 3.30. The minimum Gasteiger partial charge on any atom is -0.487 e. The number of halogens is 1. The first-order chi connectivity index (χ1) is 14.7. The zero-order chi connectivity index (χ0) is 22.7. The van der Waals surface area contributed by atoms with E-state index in [-0.39, 0.29) is 43.1 Å². The van der Waals surface area contributed by atoms with Crippen LogP contribution in [0.4, 0.5) is 4.39 Å². The quantitative estimate of drug-likeness (QED) is 0.690. The van der Waals surface area contributed by atoms with Gasteiger partial charge in [-0.3, -0.25) is 14.4 Å². The van der Waals surface area contributed by atoms with Gasteiger partial charge >= 0.3 is 0 Å². The number of ether oxygens (including phenoxy) is 1. The van der Waals surface area contributed by atoms with Crippen LogP contribution in [-0.2, 0) is 16.0 Å². The van der Waals surface area contributed by atoms with Gasteiger partial charge in [0.05, 0.1) is 6.54 Å². The third-order valence-corrected chi connectivity index (χ3v) is 5.30. The zero-order valence-electron chi connectivity index (χ0n) is 18.3. The van der Waals surface area contributed by atoms with Crippen molar-refractivity contribution < 1.29 is 23.5 Å². The predicted octanol–water partition coefficient (Wildman–Crippen LogP) is 3.29. The van der Waals surface area contributed by atoms with E-state index in [0.717, 1.165) is 11.1 Å². The second kappa shape index (κ2) is 9.29. The molecule has 0 fully saturated rings. The van der Waals surface area contributed by atoms with Crippen molar-refractivity contribution in [1.29, 1.82) is 0 Å². The van der Waals surface area contributed by atoms with E-state index in [1.807, 2.05) is 19.1 Å². The standard InChI is InChI=1S/C24H27FN2O4/c1-14-9-17-11-18(13-26-22(29)7-8-23(30)27(3)4)31-24(17)20(10-14)19-12-16(15(2)28)5-6-21(19)25/h5-6,9-10,12,18H,7-8,11,13H2,1-4H3,(H,26,29). The lowest BCUT2D eigenvalue weighted by atomic mass is 9.95. The van der Waals surface area contributed by atoms with Crippen LogP contribution in [0.3, 0.4) is 0 Å². The molecule has 2 amide bonds. The number of rotatable bonds is 7. The van der Waals surface area contributed by atoms with Gasteiger partial charge in [-0.2, -0.15) is 0 Å². The monoisotopic (exact) mass is 426 g/mol. The third-order valence-electron chi connectivity index (χ3n) is 5.30. The van der Waals surface area contributed by atoms with Gasteiger partial charge in [0.1, 0.15) is 17.7 Å². The van der Waals surface area contributed by atoms with Crippen LogP contribution in [0.15, 0.2) is 30.3 Å². The average molecular weight is 426 g/mol. The summed E-state index contributed by atoms with van der Waals surface area (Å²) >= 11 is 0. The number of carbonyl (C=O) groups excluding carboxylic acids is 3. The Labute approximate surface area is 181 Å². The van der Waals surface area contributed by atoms with Crippen molar-refractivity contribution in [3.63, 3.8) is 0 Å². The van der Waals surface area contributed by atoms with Crippen LogP contribution in [0, 0.1) is 12.7 Å². The molecule has 0 radical (unpaired) electrons. The Kier molecular flexibility index (Phi) is 6.73. The largest absolute Gasteiger partial charge is 0.487 e. The summed E-state index contributed by atoms with van der Waals surface area (Å²) in [5.74, 6) is -0.309. The third kappa shape index (κ3) is 5.29. The van der Waals surface area contributed by atoms with Crippen LogP contribution in [-0.4, -0.2) is 49.2 Å². The van der Waals surface area contributed by atoms with Crippen molar-refractivity contribution in [3.05, 3.63) is 52.8 Å². The summed E-state index contributed by atoms with van der Waals surface area (Å²) in [6, 6.07) is 8.14. The molecule has 1 heterocycles. The highest BCUT2D eigenvalue weighted by Gasteiger charge is 2.28. The van der Waals surface area contributed by atoms with Crippen molar-refractivity contribution in [3.8, 4) is 16.9 Å². The molecule has 164 valence electrons. The van der Waals surface area contributed by atoms with Crippen LogP contribution in [0.25, 0.3) is 11.1 Å². The number of nitrogens with one attached hydrogen (secondary N) is 1. The molecule has 1 aliphatic heterocycles. The fourth-order valence-electron chi connectivity index (χ4n) is 3.62. The number of benzene rings is 2. The SMILES string of the molecule is CC(=O)c1ccc(F)c(-c2cc(C)cc3c2OC(CNC(=O)CCC(=O)N(C)C)C3)c1. The lowest BCUT2D eigenvalue weighted by molar-refractivity contribution is -0.131. The van der Waals surface area contributed by atoms with Crippen LogP contribution in [0.2, 0.25) is 0 Å². The van der Waals surface area contributed by atoms with Gasteiger partial charge in [-0.05, 0) is 49.2 Å². The number of carbonyl (C=O) groups is 3. The minimum absolute atomic E-state index is 0.102. The summed E-state index contributed by atoms with van der Waals surface area (Å²) in [5.41, 5.74) is 3.24. The maximum atomic E-state index is 14.6. The van der Waals surface area contributed by atoms with Gasteiger partial charge in [0.15, 0.2) is 5.78 Å². The predicted molar refractivity (Wildman–Crippen MR) is 116 cm³/mol. The molecule has 0 saturated heterocycles. The number of hydrogen-bond acceptors (Lipinski definition) is 4. The molecule has 3 rings (SSSR count). The Morgan fingerprint density at radius 2 is 1.87 bits per heavy atom. The molecule has 2 aromatic carbocycles. The average Bonchev–Trinajstić information content (AvgIpc) is 3.12. The molecule has 2 aromatic rings. The molecule has 0 aliphatic carbocycles. The number of amides is 2. The highest BCUT2D eigenvalue weighted by molar-refractivity contribution is 5.95. The van der Waals surface area contributed by atoms with Gasteiger partial charge in [0.2, 0.25) is 11.8 Å². The molecule has 1 unspecified atom stereocenters. The van der Waals surface area contributed by atoms with Crippen molar-refractivity contribution >= 4 is 17.6 Å². The van der Waals surface area contributed by atoms with Gasteiger partial charge < -0.3 is 15.0 Å². The first kappa shape index (κ1) is 22.5. The smallest absolute Gasteiger partial charge is 0.222 e. The van der Waals surface area contributed by atoms with Crippen LogP contribution in [0.5, 0.6) is 5.75 Å². The highest BCUT2D eigenvalue weighted by Crippen LogP contribution is 2.41. The Hall–Kier alpha value is -3.22. The van der Waals surface area contributed by atoms with Gasteiger partial charge in [0.25, 0.3) is 0 Å². The molecule has 7 heteroatoms. The zero-order valence-corrected chi connectivity index (χ0v) is 18.3. The second-order valence-corrected chi connectivity index (χ2v) is 8.09. The normalized spacial score (nSPS) is 14.5. The molecule has 0 aromatic heterocycles. The molecule has 6 nitrogen and oxygen atoms in total. The fraction of sp³-hybridized carbons (Fsp3) is 0.375. The summed E-state index contributed by atoms with van der Waals surface area (Å²) < 4.78 is 20.7. The Bertz CT molecular complexity index is 1030. The number of hydrogen-bond donors (Lipinski definition) is 1. The van der Waals surface area contributed by atoms with Crippen LogP contribution >= 0.6 is 0 Å². The molecule has 0 bridgehead atoms. The molecule has 1 aliphatic rings. The molecule has 0 spiro atoms. The Balaban J connectivity index is 1.73. The number of ketones is 1. The molecule has 0 saturated carbocycles. The maximum absolute atomic E-state index is 14.6. The van der Waals surface area contributed by atoms with Crippen molar-refractivity contribution in [2.45, 2.75) is 39.2 Å². The molecule has 1 atom stereocenters. The summed E-state index contributed by atoms with van der Waals surface area (Å²) in [6.07, 6.45) is 0.557. The minimum atomic E-state index is -0.427. The molecular weight excluding hydrogens is 399 g/mol. The van der Waals surface area contributed by atoms with E-state index in [1.54, 1.807) is 20.2 Å². The number of nitrogens with zero attached hydrogens (tertiary/aromatic N) is 1. The lowest BCUT2D eigenvalue weighted by Gasteiger charge is -2.15. The lowest BCUT2D eigenvalue weighted by Crippen LogP contribution is -2.35. The second-order valence-electron chi connectivity index (χ2n) is 8.09. The fourth-order valence-corrected chi connectivity index (χ4v) is 3.62. The molecule has 31 heavy (non-hydrogen) atoms. The van der Waals surface area contributed by atoms with E-state index in [1.165, 1.54) is 24.0 Å². The van der Waals surface area contributed by atoms with E-state index < -0.39 is 5.82 Å². The van der Waals surface area contributed by atoms with Crippen LogP contribution < -0.4 is 10.1 Å². The molecule has 1 N–H and O–H groups in total. The number of aryl methyl sites for hydroxylation is 1. The van der Waals surface area contributed by atoms with E-state index in [0.29, 0.717) is 28.9 Å². The van der Waals surface area contributed by atoms with E-state index in [2.05, 4.69) is 5.32 Å². The van der Waals surface area contributed by atoms with Crippen LogP contribution in [0.1, 0.15) is 41.3 Å². The summed E-state index contributed by atoms with van der Waals surface area (Å²) in [5, 5.41) is 2.81. The van der Waals surface area contributed by atoms with Gasteiger partial charge in [0, 0.05) is 50.0 Å². The highest BCUT2D eigenvalue weighted by atomic mass is 19.1. The van der Waals surface area contributed by atoms with Crippen molar-refractivity contribution in [2.75, 3.05) is 20.6 Å². The van der Waals surface area contributed by atoms with E-state index in [9.17, 15) is 18.8 Å². The van der Waals surface area contributed by atoms with E-state index >= 15 is 0 Å². The summed E-state index contributed by atoms with van der Waals surface area (Å²) in [6.45, 7) is 3.66. The van der Waals surface area contributed by atoms with Crippen molar-refractivity contribution in [2.24, 2.45) is 0 Å². The first-order valence-electron chi connectivity index (χ1n) is 10.2. The summed E-state index contributed by atoms with van der Waals surface area (Å²) in [4.78, 5) is 36.9. The van der Waals surface area contributed by atoms with E-state index in [4.69, 9.17) is 4.74 Å². The van der Waals surface area contributed by atoms with Crippen molar-refractivity contribution in [1.82, 2.24) is 10.2 Å². The van der Waals surface area contributed by atoms with Gasteiger partial charge in [-0.15, -0.1) is 0 Å². The van der Waals surface area contributed by atoms with Gasteiger partial charge in [-0.25, -0.2) is 4.39 Å². The first-order valence-corrected chi connectivity index (χ1v) is 10.2. The number of fused-ring (bicyclic) bond motifs is 1. The Morgan fingerprint density at radius 1 is 1.13 bits per heavy atom. The Morgan fingerprint density at radius 3 is 2.55 bits per heavy atom. The topological polar surface area (TPSA) is 75.7 Å². The molecular formula is C24H27FN2O4. The van der Waals surface area contributed by atoms with Gasteiger partial charge in [-0.1, -0.05) is 6.07 Å². The maximum Gasteiger partial charge on any atom is 0.222 e. The number of Topliss-reactive ketones (excluding diaryl/α,β-unsaturated/α-hetero) is 1.